The van der Waals surface area contributed by atoms with Crippen molar-refractivity contribution in [3.63, 3.8) is 0 Å². The number of ether oxygens (including phenoxy) is 1. The van der Waals surface area contributed by atoms with E-state index in [1.54, 1.807) is 18.4 Å². The number of benzene rings is 1. The number of hydrogen-bond donors (Lipinski definition) is 1. The van der Waals surface area contributed by atoms with Gasteiger partial charge in [0, 0.05) is 23.4 Å². The average molecular weight is 359 g/mol. The predicted octanol–water partition coefficient (Wildman–Crippen LogP) is 3.65. The normalized spacial score (nSPS) is 27.6. The molecule has 1 unspecified atom stereocenters. The van der Waals surface area contributed by atoms with Crippen molar-refractivity contribution in [2.45, 2.75) is 44.9 Å². The Hall–Kier alpha value is -1.43. The lowest BCUT2D eigenvalue weighted by molar-refractivity contribution is -0.0377. The summed E-state index contributed by atoms with van der Waals surface area (Å²) in [6.45, 7) is 7.43. The third kappa shape index (κ3) is 2.88. The van der Waals surface area contributed by atoms with E-state index in [-0.39, 0.29) is 17.5 Å². The van der Waals surface area contributed by atoms with Gasteiger partial charge in [-0.25, -0.2) is 0 Å². The Labute approximate surface area is 153 Å². The molecule has 0 radical (unpaired) electrons. The summed E-state index contributed by atoms with van der Waals surface area (Å²) in [6, 6.07) is 8.41. The van der Waals surface area contributed by atoms with Crippen molar-refractivity contribution in [2.24, 2.45) is 5.92 Å². The Kier molecular flexibility index (Phi) is 4.34. The van der Waals surface area contributed by atoms with Gasteiger partial charge in [-0.05, 0) is 62.7 Å². The molecular weight excluding hydrogens is 332 g/mol. The lowest BCUT2D eigenvalue weighted by atomic mass is 9.72. The van der Waals surface area contributed by atoms with Crippen LogP contribution in [0.4, 0.5) is 0 Å². The lowest BCUT2D eigenvalue weighted by Crippen LogP contribution is -2.69. The van der Waals surface area contributed by atoms with Gasteiger partial charge >= 0.3 is 0 Å². The van der Waals surface area contributed by atoms with Gasteiger partial charge in [0.05, 0.1) is 11.5 Å². The Bertz CT molecular complexity index is 790. The summed E-state index contributed by atoms with van der Waals surface area (Å²) in [5.41, 5.74) is 1.18. The van der Waals surface area contributed by atoms with Crippen LogP contribution in [0.25, 0.3) is 10.1 Å². The maximum atomic E-state index is 13.0. The fourth-order valence-electron chi connectivity index (χ4n) is 4.59. The number of nitrogens with zero attached hydrogens (tertiary/aromatic N) is 1. The monoisotopic (exact) mass is 358 g/mol. The Balaban J connectivity index is 1.59. The van der Waals surface area contributed by atoms with Gasteiger partial charge in [-0.3, -0.25) is 9.69 Å². The first-order valence-electron chi connectivity index (χ1n) is 9.07. The smallest absolute Gasteiger partial charge is 0.261 e. The van der Waals surface area contributed by atoms with Crippen molar-refractivity contribution >= 4 is 27.3 Å². The molecule has 1 N–H and O–H groups in total. The average Bonchev–Trinajstić information content (AvgIpc) is 3.04. The molecule has 5 rings (SSSR count). The van der Waals surface area contributed by atoms with Gasteiger partial charge in [0.25, 0.3) is 5.91 Å². The maximum absolute atomic E-state index is 13.0. The summed E-state index contributed by atoms with van der Waals surface area (Å²) >= 11 is 1.58. The number of methoxy groups -OCH3 is 1. The molecule has 2 aromatic rings. The van der Waals surface area contributed by atoms with E-state index < -0.39 is 0 Å². The first-order valence-corrected chi connectivity index (χ1v) is 9.88. The Morgan fingerprint density at radius 2 is 2.12 bits per heavy atom. The number of hydrogen-bond acceptors (Lipinski definition) is 4. The third-order valence-electron chi connectivity index (χ3n) is 6.02. The summed E-state index contributed by atoms with van der Waals surface area (Å²) in [5.74, 6) is 0.666. The van der Waals surface area contributed by atoms with E-state index in [1.807, 2.05) is 12.1 Å². The number of carbonyl (C=O) groups excluding carboxylic acids is 1. The van der Waals surface area contributed by atoms with E-state index in [0.717, 1.165) is 33.6 Å². The Morgan fingerprint density at radius 3 is 2.80 bits per heavy atom. The van der Waals surface area contributed by atoms with Crippen LogP contribution in [0, 0.1) is 5.92 Å². The third-order valence-corrected chi connectivity index (χ3v) is 7.25. The second kappa shape index (κ2) is 6.38. The van der Waals surface area contributed by atoms with Crippen molar-refractivity contribution in [1.29, 1.82) is 0 Å². The van der Waals surface area contributed by atoms with Gasteiger partial charge in [-0.15, -0.1) is 11.3 Å². The standard InChI is InChI=1S/C20H26N2O2S/c1-20(2)18(13-7-9-22(20)10-8-13)21-19(23)16-11-14-5-4-6-15(12-24-3)17(14)25-16/h4-6,11,13,18H,7-10,12H2,1-3H3,(H,21,23). The lowest BCUT2D eigenvalue weighted by Gasteiger charge is -2.56. The molecule has 4 nitrogen and oxygen atoms in total. The molecule has 3 fully saturated rings. The largest absolute Gasteiger partial charge is 0.380 e. The van der Waals surface area contributed by atoms with Crippen LogP contribution in [0.15, 0.2) is 24.3 Å². The molecule has 1 aromatic carbocycles. The first-order chi connectivity index (χ1) is 12.0. The van der Waals surface area contributed by atoms with E-state index in [1.165, 1.54) is 12.8 Å². The summed E-state index contributed by atoms with van der Waals surface area (Å²) in [5, 5.41) is 4.49. The second-order valence-electron chi connectivity index (χ2n) is 7.81. The predicted molar refractivity (Wildman–Crippen MR) is 102 cm³/mol. The fourth-order valence-corrected chi connectivity index (χ4v) is 5.65. The van der Waals surface area contributed by atoms with E-state index in [4.69, 9.17) is 4.74 Å². The molecule has 1 amide bonds. The van der Waals surface area contributed by atoms with Crippen LogP contribution in [0.2, 0.25) is 0 Å². The minimum atomic E-state index is 0.0364. The zero-order chi connectivity index (χ0) is 17.6. The van der Waals surface area contributed by atoms with Gasteiger partial charge in [0.1, 0.15) is 0 Å². The molecule has 134 valence electrons. The van der Waals surface area contributed by atoms with E-state index in [0.29, 0.717) is 12.5 Å². The quantitative estimate of drug-likeness (QED) is 0.907. The molecule has 5 heteroatoms. The van der Waals surface area contributed by atoms with Crippen LogP contribution in [0.3, 0.4) is 0 Å². The second-order valence-corrected chi connectivity index (χ2v) is 8.86. The number of rotatable bonds is 4. The zero-order valence-electron chi connectivity index (χ0n) is 15.2. The fraction of sp³-hybridized carbons (Fsp3) is 0.550. The van der Waals surface area contributed by atoms with Gasteiger partial charge in [0.15, 0.2) is 0 Å². The van der Waals surface area contributed by atoms with Crippen molar-refractivity contribution in [2.75, 3.05) is 20.2 Å². The molecule has 2 bridgehead atoms. The minimum absolute atomic E-state index is 0.0364. The van der Waals surface area contributed by atoms with E-state index in [2.05, 4.69) is 36.2 Å². The first kappa shape index (κ1) is 17.0. The van der Waals surface area contributed by atoms with Gasteiger partial charge in [-0.2, -0.15) is 0 Å². The highest BCUT2D eigenvalue weighted by Crippen LogP contribution is 2.39. The van der Waals surface area contributed by atoms with E-state index in [9.17, 15) is 4.79 Å². The van der Waals surface area contributed by atoms with Gasteiger partial charge in [0.2, 0.25) is 0 Å². The minimum Gasteiger partial charge on any atom is -0.380 e. The van der Waals surface area contributed by atoms with Gasteiger partial charge < -0.3 is 10.1 Å². The molecule has 25 heavy (non-hydrogen) atoms. The molecule has 1 aromatic heterocycles. The van der Waals surface area contributed by atoms with E-state index >= 15 is 0 Å². The summed E-state index contributed by atoms with van der Waals surface area (Å²) < 4.78 is 6.44. The van der Waals surface area contributed by atoms with Crippen molar-refractivity contribution in [3.05, 3.63) is 34.7 Å². The summed E-state index contributed by atoms with van der Waals surface area (Å²) in [7, 11) is 1.70. The Morgan fingerprint density at radius 1 is 1.36 bits per heavy atom. The van der Waals surface area contributed by atoms with Crippen molar-refractivity contribution in [3.8, 4) is 0 Å². The highest BCUT2D eigenvalue weighted by Gasteiger charge is 2.48. The molecule has 0 aliphatic carbocycles. The van der Waals surface area contributed by atoms with Crippen LogP contribution >= 0.6 is 11.3 Å². The molecular formula is C20H26N2O2S. The number of fused-ring (bicyclic) bond motifs is 4. The molecule has 3 saturated heterocycles. The SMILES string of the molecule is COCc1cccc2cc(C(=O)NC3C4CCN(CC4)C3(C)C)sc12. The van der Waals surface area contributed by atoms with Crippen LogP contribution < -0.4 is 5.32 Å². The van der Waals surface area contributed by atoms with Crippen molar-refractivity contribution < 1.29 is 9.53 Å². The summed E-state index contributed by atoms with van der Waals surface area (Å²) in [4.78, 5) is 16.3. The molecule has 0 saturated carbocycles. The molecule has 0 spiro atoms. The highest BCUT2D eigenvalue weighted by molar-refractivity contribution is 7.21. The van der Waals surface area contributed by atoms with Crippen LogP contribution in [-0.4, -0.2) is 42.6 Å². The van der Waals surface area contributed by atoms with Crippen LogP contribution in [0.1, 0.15) is 41.9 Å². The number of carbonyl (C=O) groups is 1. The van der Waals surface area contributed by atoms with Gasteiger partial charge in [-0.1, -0.05) is 18.2 Å². The topological polar surface area (TPSA) is 41.6 Å². The molecule has 4 heterocycles. The number of amides is 1. The molecule has 3 aliphatic heterocycles. The summed E-state index contributed by atoms with van der Waals surface area (Å²) in [6.07, 6.45) is 2.39. The number of nitrogens with one attached hydrogen (secondary N) is 1. The number of thiophene rings is 1. The molecule has 3 aliphatic rings. The zero-order valence-corrected chi connectivity index (χ0v) is 16.0. The van der Waals surface area contributed by atoms with Crippen LogP contribution in [0.5, 0.6) is 0 Å². The number of piperidine rings is 3. The molecule has 1 atom stereocenters. The maximum Gasteiger partial charge on any atom is 0.261 e. The van der Waals surface area contributed by atoms with Crippen molar-refractivity contribution in [1.82, 2.24) is 10.2 Å². The highest BCUT2D eigenvalue weighted by atomic mass is 32.1. The van der Waals surface area contributed by atoms with Crippen LogP contribution in [-0.2, 0) is 11.3 Å².